The first-order valence-corrected chi connectivity index (χ1v) is 9.10. The average molecular weight is 383 g/mol. The SMILES string of the molecule is Cc1nc(-c2ccc3ccnc(NCCN(C)C(=O)OC(C)(C)C)c3c2)no1. The maximum Gasteiger partial charge on any atom is 0.410 e. The summed E-state index contributed by atoms with van der Waals surface area (Å²) in [5.41, 5.74) is 0.339. The third-order valence-electron chi connectivity index (χ3n) is 4.00. The highest BCUT2D eigenvalue weighted by Gasteiger charge is 2.19. The van der Waals surface area contributed by atoms with Crippen molar-refractivity contribution in [1.29, 1.82) is 0 Å². The van der Waals surface area contributed by atoms with Crippen LogP contribution in [0.3, 0.4) is 0 Å². The number of nitrogens with zero attached hydrogens (tertiary/aromatic N) is 4. The summed E-state index contributed by atoms with van der Waals surface area (Å²) in [6.07, 6.45) is 1.40. The van der Waals surface area contributed by atoms with E-state index in [9.17, 15) is 4.79 Å². The first-order chi connectivity index (χ1) is 13.2. The van der Waals surface area contributed by atoms with Gasteiger partial charge in [-0.3, -0.25) is 0 Å². The van der Waals surface area contributed by atoms with Gasteiger partial charge in [0.1, 0.15) is 11.4 Å². The monoisotopic (exact) mass is 383 g/mol. The van der Waals surface area contributed by atoms with Crippen LogP contribution in [-0.4, -0.2) is 51.9 Å². The van der Waals surface area contributed by atoms with Gasteiger partial charge in [0.25, 0.3) is 0 Å². The van der Waals surface area contributed by atoms with Crippen molar-refractivity contribution in [3.05, 3.63) is 36.4 Å². The van der Waals surface area contributed by atoms with E-state index in [4.69, 9.17) is 9.26 Å². The van der Waals surface area contributed by atoms with Gasteiger partial charge in [-0.2, -0.15) is 4.98 Å². The summed E-state index contributed by atoms with van der Waals surface area (Å²) in [4.78, 5) is 22.3. The zero-order chi connectivity index (χ0) is 20.3. The van der Waals surface area contributed by atoms with E-state index in [0.29, 0.717) is 24.8 Å². The summed E-state index contributed by atoms with van der Waals surface area (Å²) in [5.74, 6) is 1.79. The van der Waals surface area contributed by atoms with Gasteiger partial charge < -0.3 is 19.5 Å². The average Bonchev–Trinajstić information content (AvgIpc) is 3.06. The van der Waals surface area contributed by atoms with Crippen LogP contribution in [0.5, 0.6) is 0 Å². The number of nitrogens with one attached hydrogen (secondary N) is 1. The third kappa shape index (κ3) is 4.76. The Hall–Kier alpha value is -3.16. The number of likely N-dealkylation sites (N-methyl/N-ethyl adjacent to an activating group) is 1. The van der Waals surface area contributed by atoms with Crippen molar-refractivity contribution in [2.24, 2.45) is 0 Å². The maximum atomic E-state index is 12.1. The van der Waals surface area contributed by atoms with Gasteiger partial charge in [-0.1, -0.05) is 17.3 Å². The zero-order valence-corrected chi connectivity index (χ0v) is 16.8. The zero-order valence-electron chi connectivity index (χ0n) is 16.8. The highest BCUT2D eigenvalue weighted by atomic mass is 16.6. The number of anilines is 1. The lowest BCUT2D eigenvalue weighted by Crippen LogP contribution is -2.36. The predicted molar refractivity (Wildman–Crippen MR) is 107 cm³/mol. The Labute approximate surface area is 163 Å². The van der Waals surface area contributed by atoms with Crippen molar-refractivity contribution in [2.45, 2.75) is 33.3 Å². The smallest absolute Gasteiger partial charge is 0.410 e. The Morgan fingerprint density at radius 1 is 1.29 bits per heavy atom. The minimum atomic E-state index is -0.514. The van der Waals surface area contributed by atoms with Crippen molar-refractivity contribution in [2.75, 3.05) is 25.5 Å². The molecule has 1 amide bonds. The number of ether oxygens (including phenoxy) is 1. The van der Waals surface area contributed by atoms with E-state index in [1.54, 1.807) is 20.2 Å². The van der Waals surface area contributed by atoms with Crippen LogP contribution >= 0.6 is 0 Å². The molecular weight excluding hydrogens is 358 g/mol. The van der Waals surface area contributed by atoms with Gasteiger partial charge in [-0.15, -0.1) is 0 Å². The van der Waals surface area contributed by atoms with Crippen molar-refractivity contribution in [3.8, 4) is 11.4 Å². The van der Waals surface area contributed by atoms with E-state index in [2.05, 4.69) is 20.4 Å². The summed E-state index contributed by atoms with van der Waals surface area (Å²) in [6, 6.07) is 7.87. The molecule has 0 saturated carbocycles. The molecule has 0 atom stereocenters. The summed E-state index contributed by atoms with van der Waals surface area (Å²) in [6.45, 7) is 8.32. The van der Waals surface area contributed by atoms with Gasteiger partial charge >= 0.3 is 6.09 Å². The van der Waals surface area contributed by atoms with Gasteiger partial charge in [-0.25, -0.2) is 9.78 Å². The number of carbonyl (C=O) groups excluding carboxylic acids is 1. The van der Waals surface area contributed by atoms with Crippen LogP contribution in [0.1, 0.15) is 26.7 Å². The standard InChI is InChI=1S/C20H25N5O3/c1-13-23-17(24-28-13)15-7-6-14-8-9-21-18(16(14)12-15)22-10-11-25(5)19(26)27-20(2,3)4/h6-9,12H,10-11H2,1-5H3,(H,21,22). The Bertz CT molecular complexity index is 977. The fourth-order valence-corrected chi connectivity index (χ4v) is 2.64. The van der Waals surface area contributed by atoms with Crippen LogP contribution in [0.15, 0.2) is 35.0 Å². The molecule has 0 aliphatic carbocycles. The van der Waals surface area contributed by atoms with Crippen LogP contribution in [-0.2, 0) is 4.74 Å². The quantitative estimate of drug-likeness (QED) is 0.715. The van der Waals surface area contributed by atoms with Gasteiger partial charge in [0.15, 0.2) is 0 Å². The van der Waals surface area contributed by atoms with E-state index < -0.39 is 5.60 Å². The molecular formula is C20H25N5O3. The minimum absolute atomic E-state index is 0.352. The Morgan fingerprint density at radius 2 is 2.07 bits per heavy atom. The number of benzene rings is 1. The number of aromatic nitrogens is 3. The molecule has 0 aliphatic heterocycles. The molecule has 8 heteroatoms. The van der Waals surface area contributed by atoms with E-state index >= 15 is 0 Å². The Balaban J connectivity index is 1.71. The topological polar surface area (TPSA) is 93.4 Å². The molecule has 1 N–H and O–H groups in total. The molecule has 3 rings (SSSR count). The lowest BCUT2D eigenvalue weighted by molar-refractivity contribution is 0.0305. The normalized spacial score (nSPS) is 11.5. The number of aryl methyl sites for hydroxylation is 1. The third-order valence-corrected chi connectivity index (χ3v) is 4.00. The van der Waals surface area contributed by atoms with Crippen molar-refractivity contribution in [3.63, 3.8) is 0 Å². The molecule has 148 valence electrons. The fraction of sp³-hybridized carbons (Fsp3) is 0.400. The number of rotatable bonds is 5. The molecule has 0 unspecified atom stereocenters. The molecule has 2 aromatic heterocycles. The van der Waals surface area contributed by atoms with Gasteiger partial charge in [0.2, 0.25) is 11.7 Å². The molecule has 0 bridgehead atoms. The molecule has 0 radical (unpaired) electrons. The Morgan fingerprint density at radius 3 is 2.75 bits per heavy atom. The predicted octanol–water partition coefficient (Wildman–Crippen LogP) is 3.87. The maximum absolute atomic E-state index is 12.1. The van der Waals surface area contributed by atoms with Crippen LogP contribution in [0, 0.1) is 6.92 Å². The molecule has 1 aromatic carbocycles. The second-order valence-corrected chi connectivity index (χ2v) is 7.56. The van der Waals surface area contributed by atoms with Gasteiger partial charge in [-0.05, 0) is 38.3 Å². The number of pyridine rings is 1. The van der Waals surface area contributed by atoms with Crippen LogP contribution < -0.4 is 5.32 Å². The van der Waals surface area contributed by atoms with Crippen molar-refractivity contribution >= 4 is 22.7 Å². The van der Waals surface area contributed by atoms with E-state index in [1.165, 1.54) is 4.90 Å². The summed E-state index contributed by atoms with van der Waals surface area (Å²) >= 11 is 0. The van der Waals surface area contributed by atoms with Crippen LogP contribution in [0.25, 0.3) is 22.2 Å². The molecule has 2 heterocycles. The molecule has 28 heavy (non-hydrogen) atoms. The highest BCUT2D eigenvalue weighted by Crippen LogP contribution is 2.26. The second kappa shape index (κ2) is 7.84. The fourth-order valence-electron chi connectivity index (χ4n) is 2.64. The molecule has 3 aromatic rings. The van der Waals surface area contributed by atoms with Crippen molar-refractivity contribution < 1.29 is 14.1 Å². The van der Waals surface area contributed by atoms with E-state index in [1.807, 2.05) is 45.0 Å². The van der Waals surface area contributed by atoms with E-state index in [0.717, 1.165) is 22.2 Å². The summed E-state index contributed by atoms with van der Waals surface area (Å²) in [7, 11) is 1.71. The number of fused-ring (bicyclic) bond motifs is 1. The number of carbonyl (C=O) groups is 1. The lowest BCUT2D eigenvalue weighted by Gasteiger charge is -2.24. The number of hydrogen-bond donors (Lipinski definition) is 1. The molecule has 0 aliphatic rings. The Kier molecular flexibility index (Phi) is 5.48. The molecule has 0 fully saturated rings. The van der Waals surface area contributed by atoms with Gasteiger partial charge in [0, 0.05) is 44.2 Å². The first-order valence-electron chi connectivity index (χ1n) is 9.10. The van der Waals surface area contributed by atoms with Gasteiger partial charge in [0.05, 0.1) is 0 Å². The minimum Gasteiger partial charge on any atom is -0.444 e. The molecule has 0 spiro atoms. The molecule has 8 nitrogen and oxygen atoms in total. The second-order valence-electron chi connectivity index (χ2n) is 7.56. The summed E-state index contributed by atoms with van der Waals surface area (Å²) in [5, 5.41) is 9.26. The molecule has 0 saturated heterocycles. The van der Waals surface area contributed by atoms with Crippen LogP contribution in [0.2, 0.25) is 0 Å². The number of hydrogen-bond acceptors (Lipinski definition) is 7. The van der Waals surface area contributed by atoms with E-state index in [-0.39, 0.29) is 6.09 Å². The highest BCUT2D eigenvalue weighted by molar-refractivity contribution is 5.94. The summed E-state index contributed by atoms with van der Waals surface area (Å²) < 4.78 is 10.4. The van der Waals surface area contributed by atoms with Crippen LogP contribution in [0.4, 0.5) is 10.6 Å². The first kappa shape index (κ1) is 19.6. The number of amides is 1. The van der Waals surface area contributed by atoms with Crippen molar-refractivity contribution in [1.82, 2.24) is 20.0 Å². The lowest BCUT2D eigenvalue weighted by atomic mass is 10.1. The largest absolute Gasteiger partial charge is 0.444 e.